The normalized spacial score (nSPS) is 12.3. The zero-order chi connectivity index (χ0) is 24.8. The number of hydrogen-bond acceptors (Lipinski definition) is 4. The molecule has 0 saturated heterocycles. The quantitative estimate of drug-likeness (QED) is 0.573. The Hall–Kier alpha value is -2.91. The number of hydrogen-bond donors (Lipinski definition) is 1. The SMILES string of the molecule is CCNC(=O)[C@H](C)N(Cc1ccccc1)C(=O)CN(c1cc(C)ccc1C)S(=O)(=O)N(C)C. The number of benzene rings is 2. The highest BCUT2D eigenvalue weighted by Crippen LogP contribution is 2.26. The van der Waals surface area contributed by atoms with E-state index in [0.717, 1.165) is 25.3 Å². The maximum absolute atomic E-state index is 13.6. The molecule has 0 bridgehead atoms. The lowest BCUT2D eigenvalue weighted by Crippen LogP contribution is -2.52. The predicted molar refractivity (Wildman–Crippen MR) is 131 cm³/mol. The minimum absolute atomic E-state index is 0.181. The lowest BCUT2D eigenvalue weighted by Gasteiger charge is -2.33. The van der Waals surface area contributed by atoms with Gasteiger partial charge in [0.25, 0.3) is 0 Å². The number of aryl methyl sites for hydroxylation is 2. The van der Waals surface area contributed by atoms with E-state index in [9.17, 15) is 18.0 Å². The maximum Gasteiger partial charge on any atom is 0.304 e. The Labute approximate surface area is 197 Å². The van der Waals surface area contributed by atoms with Gasteiger partial charge in [-0.3, -0.25) is 9.59 Å². The molecule has 1 N–H and O–H groups in total. The van der Waals surface area contributed by atoms with Gasteiger partial charge in [0.2, 0.25) is 11.8 Å². The number of carbonyl (C=O) groups is 2. The van der Waals surface area contributed by atoms with Crippen LogP contribution >= 0.6 is 0 Å². The van der Waals surface area contributed by atoms with Crippen molar-refractivity contribution in [2.45, 2.75) is 40.3 Å². The van der Waals surface area contributed by atoms with Crippen LogP contribution in [0.3, 0.4) is 0 Å². The van der Waals surface area contributed by atoms with Gasteiger partial charge in [-0.25, -0.2) is 4.31 Å². The van der Waals surface area contributed by atoms with Crippen molar-refractivity contribution in [1.82, 2.24) is 14.5 Å². The second-order valence-electron chi connectivity index (χ2n) is 8.16. The molecule has 0 aliphatic rings. The van der Waals surface area contributed by atoms with E-state index in [1.54, 1.807) is 26.8 Å². The number of likely N-dealkylation sites (N-methyl/N-ethyl adjacent to an activating group) is 1. The number of nitrogens with zero attached hydrogens (tertiary/aromatic N) is 3. The molecule has 0 heterocycles. The summed E-state index contributed by atoms with van der Waals surface area (Å²) in [6.07, 6.45) is 0. The lowest BCUT2D eigenvalue weighted by atomic mass is 10.1. The monoisotopic (exact) mass is 474 g/mol. The second-order valence-corrected chi connectivity index (χ2v) is 10.2. The highest BCUT2D eigenvalue weighted by atomic mass is 32.2. The van der Waals surface area contributed by atoms with Crippen LogP contribution in [0.4, 0.5) is 5.69 Å². The summed E-state index contributed by atoms with van der Waals surface area (Å²) in [4.78, 5) is 27.6. The van der Waals surface area contributed by atoms with Crippen molar-refractivity contribution in [3.63, 3.8) is 0 Å². The van der Waals surface area contributed by atoms with Gasteiger partial charge in [-0.15, -0.1) is 0 Å². The van der Waals surface area contributed by atoms with E-state index in [1.165, 1.54) is 19.0 Å². The molecule has 2 amide bonds. The lowest BCUT2D eigenvalue weighted by molar-refractivity contribution is -0.139. The summed E-state index contributed by atoms with van der Waals surface area (Å²) in [7, 11) is -1.12. The Morgan fingerprint density at radius 1 is 1.03 bits per heavy atom. The molecule has 1 atom stereocenters. The molecule has 8 nitrogen and oxygen atoms in total. The number of amides is 2. The molecule has 0 aromatic heterocycles. The average Bonchev–Trinajstić information content (AvgIpc) is 2.77. The smallest absolute Gasteiger partial charge is 0.304 e. The minimum Gasteiger partial charge on any atom is -0.355 e. The van der Waals surface area contributed by atoms with Crippen LogP contribution < -0.4 is 9.62 Å². The topological polar surface area (TPSA) is 90.0 Å². The summed E-state index contributed by atoms with van der Waals surface area (Å²) in [5, 5.41) is 2.74. The van der Waals surface area contributed by atoms with Gasteiger partial charge in [0.05, 0.1) is 5.69 Å². The van der Waals surface area contributed by atoms with Crippen LogP contribution in [0.1, 0.15) is 30.5 Å². The van der Waals surface area contributed by atoms with Gasteiger partial charge in [-0.05, 0) is 50.5 Å². The molecule has 2 aromatic rings. The molecule has 2 aromatic carbocycles. The molecule has 180 valence electrons. The van der Waals surface area contributed by atoms with Crippen LogP contribution in [0.5, 0.6) is 0 Å². The van der Waals surface area contributed by atoms with Gasteiger partial charge in [-0.2, -0.15) is 12.7 Å². The zero-order valence-electron chi connectivity index (χ0n) is 20.2. The summed E-state index contributed by atoms with van der Waals surface area (Å²) >= 11 is 0. The molecule has 0 unspecified atom stereocenters. The largest absolute Gasteiger partial charge is 0.355 e. The fourth-order valence-electron chi connectivity index (χ4n) is 3.37. The third kappa shape index (κ3) is 6.55. The van der Waals surface area contributed by atoms with Crippen molar-refractivity contribution in [2.75, 3.05) is 31.5 Å². The van der Waals surface area contributed by atoms with Gasteiger partial charge in [-0.1, -0.05) is 42.5 Å². The first kappa shape index (κ1) is 26.3. The van der Waals surface area contributed by atoms with E-state index in [-0.39, 0.29) is 12.5 Å². The Balaban J connectivity index is 2.48. The van der Waals surface area contributed by atoms with Crippen LogP contribution in [-0.4, -0.2) is 62.7 Å². The number of anilines is 1. The predicted octanol–water partition coefficient (Wildman–Crippen LogP) is 2.47. The highest BCUT2D eigenvalue weighted by Gasteiger charge is 2.33. The van der Waals surface area contributed by atoms with Crippen LogP contribution in [0.2, 0.25) is 0 Å². The number of nitrogens with one attached hydrogen (secondary N) is 1. The van der Waals surface area contributed by atoms with Gasteiger partial charge in [0, 0.05) is 27.2 Å². The van der Waals surface area contributed by atoms with Gasteiger partial charge in [0.15, 0.2) is 0 Å². The van der Waals surface area contributed by atoms with Crippen molar-refractivity contribution in [3.8, 4) is 0 Å². The summed E-state index contributed by atoms with van der Waals surface area (Å²) in [5.41, 5.74) is 2.88. The van der Waals surface area contributed by atoms with Gasteiger partial charge in [0.1, 0.15) is 12.6 Å². The molecule has 0 spiro atoms. The van der Waals surface area contributed by atoms with Crippen molar-refractivity contribution in [3.05, 3.63) is 65.2 Å². The molecule has 9 heteroatoms. The highest BCUT2D eigenvalue weighted by molar-refractivity contribution is 7.90. The van der Waals surface area contributed by atoms with E-state index in [2.05, 4.69) is 5.32 Å². The van der Waals surface area contributed by atoms with Crippen LogP contribution in [0.15, 0.2) is 48.5 Å². The van der Waals surface area contributed by atoms with Crippen LogP contribution in [-0.2, 0) is 26.3 Å². The van der Waals surface area contributed by atoms with Crippen molar-refractivity contribution in [2.24, 2.45) is 0 Å². The summed E-state index contributed by atoms with van der Waals surface area (Å²) in [5.74, 6) is -0.764. The minimum atomic E-state index is -3.97. The standard InChI is InChI=1S/C24H34N4O4S/c1-7-25-24(30)20(4)27(16-21-11-9-8-10-12-21)23(29)17-28(33(31,32)26(5)6)22-15-18(2)13-14-19(22)3/h8-15,20H,7,16-17H2,1-6H3,(H,25,30)/t20-/m0/s1. The number of rotatable bonds is 10. The maximum atomic E-state index is 13.6. The van der Waals surface area contributed by atoms with Crippen molar-refractivity contribution < 1.29 is 18.0 Å². The summed E-state index contributed by atoms with van der Waals surface area (Å²) in [6.45, 7) is 7.30. The average molecular weight is 475 g/mol. The van der Waals surface area contributed by atoms with E-state index >= 15 is 0 Å². The summed E-state index contributed by atoms with van der Waals surface area (Å²) in [6, 6.07) is 14.0. The van der Waals surface area contributed by atoms with Crippen LogP contribution in [0, 0.1) is 13.8 Å². The van der Waals surface area contributed by atoms with Gasteiger partial charge >= 0.3 is 10.2 Å². The Morgan fingerprint density at radius 3 is 2.24 bits per heavy atom. The molecule has 33 heavy (non-hydrogen) atoms. The first-order chi connectivity index (χ1) is 15.5. The molecule has 0 fully saturated rings. The molecular formula is C24H34N4O4S. The molecule has 0 saturated carbocycles. The van der Waals surface area contributed by atoms with Crippen LogP contribution in [0.25, 0.3) is 0 Å². The molecule has 0 aliphatic heterocycles. The zero-order valence-corrected chi connectivity index (χ0v) is 21.0. The van der Waals surface area contributed by atoms with E-state index in [1.807, 2.05) is 49.4 Å². The van der Waals surface area contributed by atoms with Gasteiger partial charge < -0.3 is 10.2 Å². The first-order valence-electron chi connectivity index (χ1n) is 10.9. The van der Waals surface area contributed by atoms with Crippen molar-refractivity contribution in [1.29, 1.82) is 0 Å². The Morgan fingerprint density at radius 2 is 1.67 bits per heavy atom. The first-order valence-corrected chi connectivity index (χ1v) is 12.3. The molecule has 0 aliphatic carbocycles. The molecular weight excluding hydrogens is 440 g/mol. The van der Waals surface area contributed by atoms with E-state index in [4.69, 9.17) is 0 Å². The fraction of sp³-hybridized carbons (Fsp3) is 0.417. The van der Waals surface area contributed by atoms with E-state index in [0.29, 0.717) is 12.2 Å². The Kier molecular flexibility index (Phi) is 9.01. The fourth-order valence-corrected chi connectivity index (χ4v) is 4.49. The van der Waals surface area contributed by atoms with E-state index < -0.39 is 28.7 Å². The third-order valence-electron chi connectivity index (χ3n) is 5.37. The second kappa shape index (κ2) is 11.3. The third-order valence-corrected chi connectivity index (χ3v) is 7.17. The number of carbonyl (C=O) groups excluding carboxylic acids is 2. The summed E-state index contributed by atoms with van der Waals surface area (Å²) < 4.78 is 28.6. The molecule has 0 radical (unpaired) electrons. The molecule has 2 rings (SSSR count). The Bertz CT molecular complexity index is 1070. The van der Waals surface area contributed by atoms with Crippen molar-refractivity contribution >= 4 is 27.7 Å².